The van der Waals surface area contributed by atoms with Crippen LogP contribution in [0.4, 0.5) is 5.69 Å². The van der Waals surface area contributed by atoms with Crippen LogP contribution in [0.2, 0.25) is 0 Å². The number of hydrogen-bond donors (Lipinski definition) is 1. The third-order valence-electron chi connectivity index (χ3n) is 2.39. The van der Waals surface area contributed by atoms with Gasteiger partial charge in [0.2, 0.25) is 5.91 Å². The van der Waals surface area contributed by atoms with Gasteiger partial charge in [0, 0.05) is 11.6 Å². The van der Waals surface area contributed by atoms with Crippen LogP contribution in [-0.2, 0) is 14.6 Å². The summed E-state index contributed by atoms with van der Waals surface area (Å²) in [4.78, 5) is 11.7. The highest BCUT2D eigenvalue weighted by Crippen LogP contribution is 2.15. The lowest BCUT2D eigenvalue weighted by atomic mass is 10.2. The highest BCUT2D eigenvalue weighted by Gasteiger charge is 2.12. The number of carbonyl (C=O) groups excluding carboxylic acids is 1. The Hall–Kier alpha value is -1.36. The molecule has 0 heterocycles. The Labute approximate surface area is 102 Å². The van der Waals surface area contributed by atoms with Crippen LogP contribution in [0.15, 0.2) is 29.2 Å². The highest BCUT2D eigenvalue weighted by atomic mass is 32.2. The SMILES string of the molecule is CCS(=O)(=O)c1ccc(NC(=O)C(C)C)cc1. The molecule has 1 aromatic carbocycles. The second kappa shape index (κ2) is 5.31. The molecule has 0 atom stereocenters. The zero-order valence-electron chi connectivity index (χ0n) is 10.2. The van der Waals surface area contributed by atoms with Crippen LogP contribution in [0.3, 0.4) is 0 Å². The monoisotopic (exact) mass is 255 g/mol. The Morgan fingerprint density at radius 2 is 1.76 bits per heavy atom. The fourth-order valence-electron chi connectivity index (χ4n) is 1.20. The van der Waals surface area contributed by atoms with Crippen LogP contribution in [0.1, 0.15) is 20.8 Å². The standard InChI is InChI=1S/C12H17NO3S/c1-4-17(15,16)11-7-5-10(6-8-11)13-12(14)9(2)3/h5-9H,4H2,1-3H3,(H,13,14). The molecule has 94 valence electrons. The minimum Gasteiger partial charge on any atom is -0.326 e. The molecule has 0 aliphatic rings. The first-order valence-electron chi connectivity index (χ1n) is 5.50. The zero-order chi connectivity index (χ0) is 13.1. The van der Waals surface area contributed by atoms with Crippen molar-refractivity contribution in [2.24, 2.45) is 5.92 Å². The van der Waals surface area contributed by atoms with Crippen molar-refractivity contribution < 1.29 is 13.2 Å². The van der Waals surface area contributed by atoms with Crippen molar-refractivity contribution in [3.63, 3.8) is 0 Å². The van der Waals surface area contributed by atoms with Crippen molar-refractivity contribution in [1.82, 2.24) is 0 Å². The number of anilines is 1. The van der Waals surface area contributed by atoms with E-state index in [2.05, 4.69) is 5.32 Å². The first-order valence-corrected chi connectivity index (χ1v) is 7.15. The van der Waals surface area contributed by atoms with Crippen LogP contribution < -0.4 is 5.32 Å². The molecule has 5 heteroatoms. The van der Waals surface area contributed by atoms with E-state index < -0.39 is 9.84 Å². The Morgan fingerprint density at radius 3 is 2.18 bits per heavy atom. The zero-order valence-corrected chi connectivity index (χ0v) is 11.0. The molecule has 0 unspecified atom stereocenters. The van der Waals surface area contributed by atoms with Gasteiger partial charge < -0.3 is 5.32 Å². The predicted molar refractivity (Wildman–Crippen MR) is 67.6 cm³/mol. The molecule has 4 nitrogen and oxygen atoms in total. The third-order valence-corrected chi connectivity index (χ3v) is 4.14. The minimum atomic E-state index is -3.17. The van der Waals surface area contributed by atoms with Crippen molar-refractivity contribution >= 4 is 21.4 Å². The number of sulfone groups is 1. The maximum Gasteiger partial charge on any atom is 0.226 e. The molecule has 0 saturated carbocycles. The lowest BCUT2D eigenvalue weighted by molar-refractivity contribution is -0.118. The van der Waals surface area contributed by atoms with E-state index in [1.165, 1.54) is 12.1 Å². The van der Waals surface area contributed by atoms with Crippen LogP contribution in [0, 0.1) is 5.92 Å². The van der Waals surface area contributed by atoms with Gasteiger partial charge in [-0.3, -0.25) is 4.79 Å². The number of amides is 1. The van der Waals surface area contributed by atoms with Gasteiger partial charge in [0.25, 0.3) is 0 Å². The summed E-state index contributed by atoms with van der Waals surface area (Å²) < 4.78 is 23.1. The average Bonchev–Trinajstić information content (AvgIpc) is 2.29. The Balaban J connectivity index is 2.86. The maximum atomic E-state index is 11.6. The van der Waals surface area contributed by atoms with Crippen molar-refractivity contribution in [3.05, 3.63) is 24.3 Å². The van der Waals surface area contributed by atoms with Gasteiger partial charge in [-0.1, -0.05) is 20.8 Å². The van der Waals surface area contributed by atoms with E-state index in [-0.39, 0.29) is 22.5 Å². The van der Waals surface area contributed by atoms with Gasteiger partial charge in [-0.15, -0.1) is 0 Å². The van der Waals surface area contributed by atoms with Gasteiger partial charge in [0.15, 0.2) is 9.84 Å². The average molecular weight is 255 g/mol. The van der Waals surface area contributed by atoms with Crippen LogP contribution in [0.5, 0.6) is 0 Å². The smallest absolute Gasteiger partial charge is 0.226 e. The molecule has 17 heavy (non-hydrogen) atoms. The van der Waals surface area contributed by atoms with Gasteiger partial charge in [-0.05, 0) is 24.3 Å². The largest absolute Gasteiger partial charge is 0.326 e. The molecule has 0 fully saturated rings. The van der Waals surface area contributed by atoms with E-state index in [1.807, 2.05) is 0 Å². The Kier molecular flexibility index (Phi) is 4.28. The minimum absolute atomic E-state index is 0.0741. The normalized spacial score (nSPS) is 11.5. The lowest BCUT2D eigenvalue weighted by Crippen LogP contribution is -2.17. The summed E-state index contributed by atoms with van der Waals surface area (Å²) >= 11 is 0. The fraction of sp³-hybridized carbons (Fsp3) is 0.417. The van der Waals surface area contributed by atoms with E-state index in [9.17, 15) is 13.2 Å². The molecule has 0 saturated heterocycles. The molecular weight excluding hydrogens is 238 g/mol. The summed E-state index contributed by atoms with van der Waals surface area (Å²) in [6.07, 6.45) is 0. The topological polar surface area (TPSA) is 63.2 Å². The summed E-state index contributed by atoms with van der Waals surface area (Å²) in [5, 5.41) is 2.70. The van der Waals surface area contributed by atoms with Gasteiger partial charge >= 0.3 is 0 Å². The van der Waals surface area contributed by atoms with Gasteiger partial charge in [0.05, 0.1) is 10.6 Å². The fourth-order valence-corrected chi connectivity index (χ4v) is 2.08. The first-order chi connectivity index (χ1) is 7.86. The molecular formula is C12H17NO3S. The third kappa shape index (κ3) is 3.56. The van der Waals surface area contributed by atoms with E-state index in [4.69, 9.17) is 0 Å². The van der Waals surface area contributed by atoms with Crippen molar-refractivity contribution in [3.8, 4) is 0 Å². The molecule has 1 amide bonds. The molecule has 0 bridgehead atoms. The predicted octanol–water partition coefficient (Wildman–Crippen LogP) is 2.07. The summed E-state index contributed by atoms with van der Waals surface area (Å²) in [6.45, 7) is 5.19. The second-order valence-corrected chi connectivity index (χ2v) is 6.35. The van der Waals surface area contributed by atoms with E-state index >= 15 is 0 Å². The molecule has 1 N–H and O–H groups in total. The molecule has 0 aliphatic heterocycles. The summed E-state index contributed by atoms with van der Waals surface area (Å²) in [6, 6.07) is 6.22. The Morgan fingerprint density at radius 1 is 1.24 bits per heavy atom. The summed E-state index contributed by atoms with van der Waals surface area (Å²) in [5.41, 5.74) is 0.610. The quantitative estimate of drug-likeness (QED) is 0.895. The molecule has 0 radical (unpaired) electrons. The molecule has 0 spiro atoms. The van der Waals surface area contributed by atoms with E-state index in [0.29, 0.717) is 5.69 Å². The first kappa shape index (κ1) is 13.7. The van der Waals surface area contributed by atoms with Gasteiger partial charge in [-0.2, -0.15) is 0 Å². The van der Waals surface area contributed by atoms with Gasteiger partial charge in [-0.25, -0.2) is 8.42 Å². The van der Waals surface area contributed by atoms with Crippen LogP contribution >= 0.6 is 0 Å². The van der Waals surface area contributed by atoms with E-state index in [1.54, 1.807) is 32.9 Å². The molecule has 1 aromatic rings. The number of nitrogens with one attached hydrogen (secondary N) is 1. The number of hydrogen-bond acceptors (Lipinski definition) is 3. The van der Waals surface area contributed by atoms with Crippen molar-refractivity contribution in [1.29, 1.82) is 0 Å². The number of carbonyl (C=O) groups is 1. The Bertz CT molecular complexity index is 489. The molecule has 1 rings (SSSR count). The highest BCUT2D eigenvalue weighted by molar-refractivity contribution is 7.91. The second-order valence-electron chi connectivity index (χ2n) is 4.07. The maximum absolute atomic E-state index is 11.6. The molecule has 0 aromatic heterocycles. The van der Waals surface area contributed by atoms with Crippen molar-refractivity contribution in [2.45, 2.75) is 25.7 Å². The number of benzene rings is 1. The number of rotatable bonds is 4. The van der Waals surface area contributed by atoms with E-state index in [0.717, 1.165) is 0 Å². The van der Waals surface area contributed by atoms with Gasteiger partial charge in [0.1, 0.15) is 0 Å². The summed E-state index contributed by atoms with van der Waals surface area (Å²) in [7, 11) is -3.17. The van der Waals surface area contributed by atoms with Crippen LogP contribution in [-0.4, -0.2) is 20.1 Å². The molecule has 0 aliphatic carbocycles. The summed E-state index contributed by atoms with van der Waals surface area (Å²) in [5.74, 6) is -0.116. The van der Waals surface area contributed by atoms with Crippen molar-refractivity contribution in [2.75, 3.05) is 11.1 Å². The van der Waals surface area contributed by atoms with Crippen LogP contribution in [0.25, 0.3) is 0 Å². The lowest BCUT2D eigenvalue weighted by Gasteiger charge is -2.08.